The molecule has 1 saturated heterocycles. The van der Waals surface area contributed by atoms with Crippen molar-refractivity contribution in [3.63, 3.8) is 0 Å². The van der Waals surface area contributed by atoms with Gasteiger partial charge in [0.15, 0.2) is 0 Å². The van der Waals surface area contributed by atoms with Gasteiger partial charge in [0.2, 0.25) is 5.91 Å². The van der Waals surface area contributed by atoms with Gasteiger partial charge in [-0.3, -0.25) is 14.7 Å². The first kappa shape index (κ1) is 17.4. The SMILES string of the molecule is CC(C(=O)NCc1ccccn1)N1CCN(c2ccc(F)cc2)CC1. The summed E-state index contributed by atoms with van der Waals surface area (Å²) < 4.78 is 13.0. The van der Waals surface area contributed by atoms with Gasteiger partial charge in [-0.15, -0.1) is 0 Å². The van der Waals surface area contributed by atoms with E-state index in [2.05, 4.69) is 20.1 Å². The third kappa shape index (κ3) is 4.54. The van der Waals surface area contributed by atoms with Crippen molar-refractivity contribution < 1.29 is 9.18 Å². The van der Waals surface area contributed by atoms with Crippen LogP contribution in [0.15, 0.2) is 48.7 Å². The van der Waals surface area contributed by atoms with Crippen molar-refractivity contribution in [2.75, 3.05) is 31.1 Å². The Balaban J connectivity index is 1.48. The van der Waals surface area contributed by atoms with Crippen LogP contribution in [-0.4, -0.2) is 48.0 Å². The van der Waals surface area contributed by atoms with Crippen LogP contribution in [0, 0.1) is 5.82 Å². The molecule has 2 heterocycles. The van der Waals surface area contributed by atoms with E-state index >= 15 is 0 Å². The Hall–Kier alpha value is -2.47. The van der Waals surface area contributed by atoms with E-state index in [0.29, 0.717) is 6.54 Å². The molecule has 25 heavy (non-hydrogen) atoms. The summed E-state index contributed by atoms with van der Waals surface area (Å²) >= 11 is 0. The molecule has 1 aliphatic heterocycles. The fraction of sp³-hybridized carbons (Fsp3) is 0.368. The van der Waals surface area contributed by atoms with Crippen LogP contribution in [0.2, 0.25) is 0 Å². The minimum Gasteiger partial charge on any atom is -0.369 e. The lowest BCUT2D eigenvalue weighted by molar-refractivity contribution is -0.126. The van der Waals surface area contributed by atoms with Gasteiger partial charge < -0.3 is 10.2 Å². The number of hydrogen-bond acceptors (Lipinski definition) is 4. The number of carbonyl (C=O) groups is 1. The predicted molar refractivity (Wildman–Crippen MR) is 95.7 cm³/mol. The van der Waals surface area contributed by atoms with Gasteiger partial charge in [-0.1, -0.05) is 6.07 Å². The molecule has 0 aliphatic carbocycles. The maximum absolute atomic E-state index is 13.0. The van der Waals surface area contributed by atoms with E-state index < -0.39 is 0 Å². The van der Waals surface area contributed by atoms with E-state index in [1.807, 2.05) is 25.1 Å². The highest BCUT2D eigenvalue weighted by Crippen LogP contribution is 2.17. The Kier molecular flexibility index (Phi) is 5.60. The Morgan fingerprint density at radius 3 is 2.52 bits per heavy atom. The summed E-state index contributed by atoms with van der Waals surface area (Å²) in [7, 11) is 0. The first-order valence-corrected chi connectivity index (χ1v) is 8.55. The number of piperazine rings is 1. The van der Waals surface area contributed by atoms with Crippen molar-refractivity contribution >= 4 is 11.6 Å². The molecular formula is C19H23FN4O. The van der Waals surface area contributed by atoms with Crippen molar-refractivity contribution in [3.8, 4) is 0 Å². The van der Waals surface area contributed by atoms with Gasteiger partial charge in [0.25, 0.3) is 0 Å². The summed E-state index contributed by atoms with van der Waals surface area (Å²) in [6.45, 7) is 5.62. The second-order valence-electron chi connectivity index (χ2n) is 6.21. The first-order chi connectivity index (χ1) is 12.1. The van der Waals surface area contributed by atoms with E-state index in [9.17, 15) is 9.18 Å². The Morgan fingerprint density at radius 2 is 1.88 bits per heavy atom. The molecule has 1 aromatic carbocycles. The minimum atomic E-state index is -0.222. The molecule has 2 aromatic rings. The van der Waals surface area contributed by atoms with E-state index in [-0.39, 0.29) is 17.8 Å². The van der Waals surface area contributed by atoms with Crippen LogP contribution >= 0.6 is 0 Å². The summed E-state index contributed by atoms with van der Waals surface area (Å²) in [5.41, 5.74) is 1.87. The molecule has 0 bridgehead atoms. The fourth-order valence-corrected chi connectivity index (χ4v) is 3.01. The van der Waals surface area contributed by atoms with Gasteiger partial charge in [-0.2, -0.15) is 0 Å². The van der Waals surface area contributed by atoms with Crippen molar-refractivity contribution in [1.29, 1.82) is 0 Å². The normalized spacial score (nSPS) is 16.5. The van der Waals surface area contributed by atoms with Crippen molar-refractivity contribution in [2.45, 2.75) is 19.5 Å². The van der Waals surface area contributed by atoms with Crippen LogP contribution in [0.4, 0.5) is 10.1 Å². The molecule has 132 valence electrons. The van der Waals surface area contributed by atoms with Crippen LogP contribution in [0.25, 0.3) is 0 Å². The lowest BCUT2D eigenvalue weighted by Crippen LogP contribution is -2.53. The van der Waals surface area contributed by atoms with Crippen LogP contribution in [0.3, 0.4) is 0 Å². The highest BCUT2D eigenvalue weighted by Gasteiger charge is 2.25. The summed E-state index contributed by atoms with van der Waals surface area (Å²) in [6, 6.07) is 12.0. The molecular weight excluding hydrogens is 319 g/mol. The summed E-state index contributed by atoms with van der Waals surface area (Å²) in [5.74, 6) is -0.207. The zero-order valence-corrected chi connectivity index (χ0v) is 14.4. The minimum absolute atomic E-state index is 0.0147. The number of carbonyl (C=O) groups excluding carboxylic acids is 1. The third-order valence-corrected chi connectivity index (χ3v) is 4.60. The quantitative estimate of drug-likeness (QED) is 0.903. The molecule has 1 unspecified atom stereocenters. The molecule has 0 saturated carbocycles. The second-order valence-corrected chi connectivity index (χ2v) is 6.21. The number of benzene rings is 1. The average Bonchev–Trinajstić information content (AvgIpc) is 2.67. The van der Waals surface area contributed by atoms with Crippen LogP contribution in [0.5, 0.6) is 0 Å². The van der Waals surface area contributed by atoms with Gasteiger partial charge in [-0.25, -0.2) is 4.39 Å². The lowest BCUT2D eigenvalue weighted by Gasteiger charge is -2.38. The second kappa shape index (κ2) is 8.07. The Labute approximate surface area is 147 Å². The van der Waals surface area contributed by atoms with Crippen molar-refractivity contribution in [1.82, 2.24) is 15.2 Å². The van der Waals surface area contributed by atoms with Gasteiger partial charge in [-0.05, 0) is 43.3 Å². The molecule has 0 spiro atoms. The number of hydrogen-bond donors (Lipinski definition) is 1. The third-order valence-electron chi connectivity index (χ3n) is 4.60. The highest BCUT2D eigenvalue weighted by atomic mass is 19.1. The van der Waals surface area contributed by atoms with Crippen LogP contribution in [0.1, 0.15) is 12.6 Å². The standard InChI is InChI=1S/C19H23FN4O/c1-15(19(25)22-14-17-4-2-3-9-21-17)23-10-12-24(13-11-23)18-7-5-16(20)6-8-18/h2-9,15H,10-14H2,1H3,(H,22,25). The molecule has 1 N–H and O–H groups in total. The van der Waals surface area contributed by atoms with Crippen molar-refractivity contribution in [2.24, 2.45) is 0 Å². The fourth-order valence-electron chi connectivity index (χ4n) is 3.01. The number of nitrogens with one attached hydrogen (secondary N) is 1. The predicted octanol–water partition coefficient (Wildman–Crippen LogP) is 2.05. The van der Waals surface area contributed by atoms with Gasteiger partial charge in [0.1, 0.15) is 5.82 Å². The molecule has 3 rings (SSSR count). The van der Waals surface area contributed by atoms with E-state index in [1.54, 1.807) is 18.3 Å². The Morgan fingerprint density at radius 1 is 1.16 bits per heavy atom. The van der Waals surface area contributed by atoms with Gasteiger partial charge in [0, 0.05) is 38.1 Å². The molecule has 0 radical (unpaired) electrons. The zero-order chi connectivity index (χ0) is 17.6. The maximum Gasteiger partial charge on any atom is 0.237 e. The summed E-state index contributed by atoms with van der Waals surface area (Å²) in [4.78, 5) is 21.0. The number of rotatable bonds is 5. The number of amides is 1. The smallest absolute Gasteiger partial charge is 0.237 e. The lowest BCUT2D eigenvalue weighted by atomic mass is 10.2. The van der Waals surface area contributed by atoms with Gasteiger partial charge in [0.05, 0.1) is 18.3 Å². The number of nitrogens with zero attached hydrogens (tertiary/aromatic N) is 3. The Bertz CT molecular complexity index is 684. The number of anilines is 1. The molecule has 1 aliphatic rings. The highest BCUT2D eigenvalue weighted by molar-refractivity contribution is 5.81. The molecule has 1 aromatic heterocycles. The largest absolute Gasteiger partial charge is 0.369 e. The number of pyridine rings is 1. The van der Waals surface area contributed by atoms with E-state index in [0.717, 1.165) is 37.6 Å². The zero-order valence-electron chi connectivity index (χ0n) is 14.4. The van der Waals surface area contributed by atoms with Crippen molar-refractivity contribution in [3.05, 3.63) is 60.2 Å². The maximum atomic E-state index is 13.0. The molecule has 6 heteroatoms. The summed E-state index contributed by atoms with van der Waals surface area (Å²) in [6.07, 6.45) is 1.72. The monoisotopic (exact) mass is 342 g/mol. The number of halogens is 1. The first-order valence-electron chi connectivity index (χ1n) is 8.55. The molecule has 1 fully saturated rings. The molecule has 5 nitrogen and oxygen atoms in total. The molecule has 1 atom stereocenters. The molecule has 1 amide bonds. The average molecular weight is 342 g/mol. The van der Waals surface area contributed by atoms with E-state index in [4.69, 9.17) is 0 Å². The van der Waals surface area contributed by atoms with Gasteiger partial charge >= 0.3 is 0 Å². The van der Waals surface area contributed by atoms with Crippen LogP contribution < -0.4 is 10.2 Å². The van der Waals surface area contributed by atoms with Crippen LogP contribution in [-0.2, 0) is 11.3 Å². The summed E-state index contributed by atoms with van der Waals surface area (Å²) in [5, 5.41) is 2.95. The number of aromatic nitrogens is 1. The topological polar surface area (TPSA) is 48.5 Å². The van der Waals surface area contributed by atoms with E-state index in [1.165, 1.54) is 12.1 Å².